The number of hydrogen-bond donors (Lipinski definition) is 2. The molecule has 5 rings (SSSR count). The van der Waals surface area contributed by atoms with E-state index < -0.39 is 0 Å². The van der Waals surface area contributed by atoms with Gasteiger partial charge in [-0.2, -0.15) is 0 Å². The van der Waals surface area contributed by atoms with E-state index in [1.54, 1.807) is 0 Å². The summed E-state index contributed by atoms with van der Waals surface area (Å²) in [7, 11) is 0. The predicted octanol–water partition coefficient (Wildman–Crippen LogP) is -0.847. The Morgan fingerprint density at radius 3 is 1.80 bits per heavy atom. The van der Waals surface area contributed by atoms with Crippen LogP contribution in [0.2, 0.25) is 0 Å². The Morgan fingerprint density at radius 2 is 1.36 bits per heavy atom. The van der Waals surface area contributed by atoms with Crippen LogP contribution in [0.25, 0.3) is 0 Å². The van der Waals surface area contributed by atoms with Crippen molar-refractivity contribution in [2.24, 2.45) is 11.5 Å². The Morgan fingerprint density at radius 1 is 0.840 bits per heavy atom. The molecule has 142 valence electrons. The topological polar surface area (TPSA) is 118 Å². The number of rotatable bonds is 12. The first-order valence-electron chi connectivity index (χ1n) is 9.48. The molecule has 0 amide bonds. The molecule has 5 saturated heterocycles. The highest BCUT2D eigenvalue weighted by Crippen LogP contribution is 2.59. The maximum atomic E-state index is 6.49. The van der Waals surface area contributed by atoms with Gasteiger partial charge < -0.3 is 35.2 Å². The van der Waals surface area contributed by atoms with Crippen molar-refractivity contribution in [2.45, 2.75) is 67.3 Å². The van der Waals surface area contributed by atoms with Gasteiger partial charge in [-0.1, -0.05) is 0 Å². The molecular formula is C17H29N3O5. The molecule has 5 fully saturated rings. The number of nitrogens with zero attached hydrogens (tertiary/aromatic N) is 1. The zero-order chi connectivity index (χ0) is 17.1. The molecule has 8 heteroatoms. The molecule has 0 aromatic carbocycles. The molecule has 6 unspecified atom stereocenters. The standard InChI is InChI=1S/C17H29N3O5/c18-9-20(10-19)16(2-12-6-22-12,3-13-7-23-13)17(4-14-8-24-14)15(25-17)1-11-5-21-11/h11-15H,1-10,18-19H2. The van der Waals surface area contributed by atoms with Crippen LogP contribution in [-0.4, -0.2) is 86.3 Å². The van der Waals surface area contributed by atoms with E-state index in [-0.39, 0.29) is 35.6 Å². The molecule has 25 heavy (non-hydrogen) atoms. The van der Waals surface area contributed by atoms with Gasteiger partial charge in [0.1, 0.15) is 5.60 Å². The normalized spacial score (nSPS) is 46.0. The number of nitrogens with two attached hydrogens (primary N) is 2. The Kier molecular flexibility index (Phi) is 4.11. The highest BCUT2D eigenvalue weighted by molar-refractivity contribution is 5.23. The highest BCUT2D eigenvalue weighted by atomic mass is 16.6. The average molecular weight is 355 g/mol. The second kappa shape index (κ2) is 6.10. The van der Waals surface area contributed by atoms with Gasteiger partial charge in [0.05, 0.1) is 62.5 Å². The van der Waals surface area contributed by atoms with E-state index in [0.29, 0.717) is 19.4 Å². The molecule has 4 N–H and O–H groups in total. The van der Waals surface area contributed by atoms with Crippen LogP contribution in [0.3, 0.4) is 0 Å². The third kappa shape index (κ3) is 3.23. The lowest BCUT2D eigenvalue weighted by atomic mass is 9.70. The number of ether oxygens (including phenoxy) is 5. The second-order valence-electron chi connectivity index (χ2n) is 8.10. The second-order valence-corrected chi connectivity index (χ2v) is 8.10. The van der Waals surface area contributed by atoms with Crippen LogP contribution in [0.5, 0.6) is 0 Å². The number of hydrogen-bond acceptors (Lipinski definition) is 8. The SMILES string of the molecule is NCN(CN)C(CC1CO1)(CC1CO1)C1(CC2CO2)OC1CC1CO1. The summed E-state index contributed by atoms with van der Waals surface area (Å²) in [6.07, 6.45) is 4.91. The first-order chi connectivity index (χ1) is 12.2. The third-order valence-corrected chi connectivity index (χ3v) is 6.40. The third-order valence-electron chi connectivity index (χ3n) is 6.40. The summed E-state index contributed by atoms with van der Waals surface area (Å²) in [5.74, 6) is 0. The van der Waals surface area contributed by atoms with Gasteiger partial charge in [0.15, 0.2) is 0 Å². The fourth-order valence-electron chi connectivity index (χ4n) is 4.71. The van der Waals surface area contributed by atoms with E-state index in [4.69, 9.17) is 35.2 Å². The van der Waals surface area contributed by atoms with Crippen molar-refractivity contribution in [2.75, 3.05) is 39.8 Å². The molecule has 0 saturated carbocycles. The molecule has 0 spiro atoms. The molecule has 0 aliphatic carbocycles. The summed E-state index contributed by atoms with van der Waals surface area (Å²) in [5, 5.41) is 0. The van der Waals surface area contributed by atoms with Gasteiger partial charge in [-0.25, -0.2) is 0 Å². The van der Waals surface area contributed by atoms with E-state index in [1.807, 2.05) is 0 Å². The largest absolute Gasteiger partial charge is 0.373 e. The lowest BCUT2D eigenvalue weighted by Crippen LogP contribution is -2.64. The van der Waals surface area contributed by atoms with Gasteiger partial charge >= 0.3 is 0 Å². The molecular weight excluding hydrogens is 326 g/mol. The summed E-state index contributed by atoms with van der Waals surface area (Å²) in [4.78, 5) is 2.19. The monoisotopic (exact) mass is 355 g/mol. The van der Waals surface area contributed by atoms with E-state index in [2.05, 4.69) is 4.90 Å². The highest BCUT2D eigenvalue weighted by Gasteiger charge is 2.73. The summed E-state index contributed by atoms with van der Waals surface area (Å²) in [6.45, 7) is 4.08. The molecule has 0 aromatic heterocycles. The van der Waals surface area contributed by atoms with Crippen molar-refractivity contribution in [3.05, 3.63) is 0 Å². The van der Waals surface area contributed by atoms with Gasteiger partial charge in [0, 0.05) is 26.2 Å². The Balaban J connectivity index is 1.47. The van der Waals surface area contributed by atoms with Crippen molar-refractivity contribution in [1.29, 1.82) is 0 Å². The van der Waals surface area contributed by atoms with Crippen LogP contribution in [-0.2, 0) is 23.7 Å². The Labute approximate surface area is 148 Å². The van der Waals surface area contributed by atoms with Gasteiger partial charge in [0.25, 0.3) is 0 Å². The van der Waals surface area contributed by atoms with Crippen LogP contribution in [0.15, 0.2) is 0 Å². The summed E-state index contributed by atoms with van der Waals surface area (Å²) < 4.78 is 28.8. The van der Waals surface area contributed by atoms with Crippen LogP contribution in [0.1, 0.15) is 25.7 Å². The Bertz CT molecular complexity index is 489. The minimum Gasteiger partial charge on any atom is -0.373 e. The maximum Gasteiger partial charge on any atom is 0.116 e. The Hall–Kier alpha value is -0.320. The fraction of sp³-hybridized carbons (Fsp3) is 1.00. The van der Waals surface area contributed by atoms with Crippen molar-refractivity contribution < 1.29 is 23.7 Å². The number of epoxide rings is 5. The summed E-state index contributed by atoms with van der Waals surface area (Å²) in [5.41, 5.74) is 11.7. The lowest BCUT2D eigenvalue weighted by molar-refractivity contribution is -0.0201. The average Bonchev–Trinajstić information content (AvgIpc) is 3.34. The zero-order valence-electron chi connectivity index (χ0n) is 14.6. The summed E-state index contributed by atoms with van der Waals surface area (Å²) >= 11 is 0. The lowest BCUT2D eigenvalue weighted by Gasteiger charge is -2.47. The van der Waals surface area contributed by atoms with E-state index >= 15 is 0 Å². The molecule has 5 aliphatic heterocycles. The predicted molar refractivity (Wildman–Crippen MR) is 87.7 cm³/mol. The zero-order valence-corrected chi connectivity index (χ0v) is 14.6. The van der Waals surface area contributed by atoms with E-state index in [9.17, 15) is 0 Å². The van der Waals surface area contributed by atoms with Crippen molar-refractivity contribution in [1.82, 2.24) is 4.90 Å². The van der Waals surface area contributed by atoms with Gasteiger partial charge in [-0.15, -0.1) is 0 Å². The van der Waals surface area contributed by atoms with Crippen LogP contribution < -0.4 is 11.5 Å². The minimum absolute atomic E-state index is 0.169. The molecule has 0 radical (unpaired) electrons. The van der Waals surface area contributed by atoms with Crippen LogP contribution >= 0.6 is 0 Å². The van der Waals surface area contributed by atoms with Gasteiger partial charge in [0.2, 0.25) is 0 Å². The molecule has 5 aliphatic rings. The van der Waals surface area contributed by atoms with Crippen molar-refractivity contribution >= 4 is 0 Å². The van der Waals surface area contributed by atoms with E-state index in [0.717, 1.165) is 52.1 Å². The summed E-state index contributed by atoms with van der Waals surface area (Å²) in [6, 6.07) is 0. The fourth-order valence-corrected chi connectivity index (χ4v) is 4.71. The first-order valence-corrected chi connectivity index (χ1v) is 9.48. The van der Waals surface area contributed by atoms with Crippen LogP contribution in [0.4, 0.5) is 0 Å². The van der Waals surface area contributed by atoms with Crippen molar-refractivity contribution in [3.8, 4) is 0 Å². The first kappa shape index (κ1) is 16.8. The van der Waals surface area contributed by atoms with Crippen molar-refractivity contribution in [3.63, 3.8) is 0 Å². The van der Waals surface area contributed by atoms with E-state index in [1.165, 1.54) is 0 Å². The van der Waals surface area contributed by atoms with Crippen LogP contribution in [0, 0.1) is 0 Å². The van der Waals surface area contributed by atoms with Gasteiger partial charge in [-0.3, -0.25) is 4.90 Å². The smallest absolute Gasteiger partial charge is 0.116 e. The molecule has 6 atom stereocenters. The molecule has 0 bridgehead atoms. The minimum atomic E-state index is -0.295. The molecule has 8 nitrogen and oxygen atoms in total. The molecule has 5 heterocycles. The molecule has 0 aromatic rings. The van der Waals surface area contributed by atoms with Gasteiger partial charge in [-0.05, 0) is 12.8 Å². The quantitative estimate of drug-likeness (QED) is 0.343. The maximum absolute atomic E-state index is 6.49.